The summed E-state index contributed by atoms with van der Waals surface area (Å²) in [5.41, 5.74) is 1.16. The van der Waals surface area contributed by atoms with Gasteiger partial charge in [0.2, 0.25) is 0 Å². The van der Waals surface area contributed by atoms with Crippen LogP contribution in [0.4, 0.5) is 0 Å². The summed E-state index contributed by atoms with van der Waals surface area (Å²) in [7, 11) is 0. The van der Waals surface area contributed by atoms with E-state index in [2.05, 4.69) is 18.3 Å². The van der Waals surface area contributed by atoms with Crippen molar-refractivity contribution in [1.82, 2.24) is 5.32 Å². The smallest absolute Gasteiger partial charge is 0.0624 e. The van der Waals surface area contributed by atoms with Crippen LogP contribution >= 0.6 is 23.2 Å². The fourth-order valence-corrected chi connectivity index (χ4v) is 2.32. The zero-order valence-electron chi connectivity index (χ0n) is 10.2. The van der Waals surface area contributed by atoms with Gasteiger partial charge in [-0.3, -0.25) is 0 Å². The van der Waals surface area contributed by atoms with Crippen molar-refractivity contribution < 1.29 is 0 Å². The number of rotatable bonds is 6. The number of benzene rings is 1. The summed E-state index contributed by atoms with van der Waals surface area (Å²) in [6, 6.07) is 6.67. The first-order valence-electron chi connectivity index (χ1n) is 6.33. The van der Waals surface area contributed by atoms with Gasteiger partial charge in [-0.2, -0.15) is 0 Å². The average Bonchev–Trinajstić information content (AvgIpc) is 3.12. The maximum Gasteiger partial charge on any atom is 0.0624 e. The van der Waals surface area contributed by atoms with Crippen LogP contribution in [0, 0.1) is 5.92 Å². The Labute approximate surface area is 114 Å². The lowest BCUT2D eigenvalue weighted by Crippen LogP contribution is -2.23. The molecule has 0 radical (unpaired) electrons. The molecule has 1 aliphatic carbocycles. The first-order valence-corrected chi connectivity index (χ1v) is 7.08. The summed E-state index contributed by atoms with van der Waals surface area (Å²) in [6.07, 6.45) is 4.87. The summed E-state index contributed by atoms with van der Waals surface area (Å²) < 4.78 is 0. The molecule has 1 atom stereocenters. The third-order valence-corrected chi connectivity index (χ3v) is 4.13. The van der Waals surface area contributed by atoms with Crippen LogP contribution in [-0.4, -0.2) is 12.6 Å². The van der Waals surface area contributed by atoms with Gasteiger partial charge in [0.25, 0.3) is 0 Å². The minimum absolute atomic E-state index is 0.660. The molecule has 1 aromatic rings. The predicted octanol–water partition coefficient (Wildman–Crippen LogP) is 4.31. The zero-order chi connectivity index (χ0) is 12.3. The van der Waals surface area contributed by atoms with Gasteiger partial charge in [0, 0.05) is 6.04 Å². The van der Waals surface area contributed by atoms with Crippen LogP contribution in [0.2, 0.25) is 10.0 Å². The van der Waals surface area contributed by atoms with Crippen LogP contribution in [0.5, 0.6) is 0 Å². The topological polar surface area (TPSA) is 12.0 Å². The van der Waals surface area contributed by atoms with E-state index in [-0.39, 0.29) is 0 Å². The predicted molar refractivity (Wildman–Crippen MR) is 75.0 cm³/mol. The summed E-state index contributed by atoms with van der Waals surface area (Å²) in [5.74, 6) is 0.686. The minimum Gasteiger partial charge on any atom is -0.314 e. The Morgan fingerprint density at radius 2 is 2.12 bits per heavy atom. The third kappa shape index (κ3) is 4.17. The standard InChI is InChI=1S/C14H19Cl2N/c1-10(9-17-12-7-8-12)5-6-11-3-2-4-13(15)14(11)16/h2-4,10,12,17H,5-9H2,1H3. The van der Waals surface area contributed by atoms with E-state index in [0.717, 1.165) is 36.0 Å². The molecule has 94 valence electrons. The van der Waals surface area contributed by atoms with Crippen LogP contribution in [-0.2, 0) is 6.42 Å². The summed E-state index contributed by atoms with van der Waals surface area (Å²) in [6.45, 7) is 3.40. The van der Waals surface area contributed by atoms with E-state index in [0.29, 0.717) is 10.9 Å². The Morgan fingerprint density at radius 3 is 2.82 bits per heavy atom. The van der Waals surface area contributed by atoms with Crippen molar-refractivity contribution in [3.8, 4) is 0 Å². The van der Waals surface area contributed by atoms with Gasteiger partial charge < -0.3 is 5.32 Å². The molecule has 0 spiro atoms. The number of aryl methyl sites for hydroxylation is 1. The van der Waals surface area contributed by atoms with Crippen molar-refractivity contribution in [2.75, 3.05) is 6.54 Å². The molecule has 0 aliphatic heterocycles. The van der Waals surface area contributed by atoms with Crippen molar-refractivity contribution in [1.29, 1.82) is 0 Å². The maximum absolute atomic E-state index is 6.17. The van der Waals surface area contributed by atoms with Gasteiger partial charge in [0.15, 0.2) is 0 Å². The zero-order valence-corrected chi connectivity index (χ0v) is 11.7. The SMILES string of the molecule is CC(CCc1cccc(Cl)c1Cl)CNC1CC1. The number of halogens is 2. The Bertz CT molecular complexity index is 374. The second-order valence-electron chi connectivity index (χ2n) is 5.04. The fraction of sp³-hybridized carbons (Fsp3) is 0.571. The molecule has 3 heteroatoms. The molecule has 1 fully saturated rings. The van der Waals surface area contributed by atoms with Crippen molar-refractivity contribution in [3.05, 3.63) is 33.8 Å². The largest absolute Gasteiger partial charge is 0.314 e. The molecule has 1 unspecified atom stereocenters. The molecule has 2 rings (SSSR count). The van der Waals surface area contributed by atoms with Crippen molar-refractivity contribution in [3.63, 3.8) is 0 Å². The Morgan fingerprint density at radius 1 is 1.35 bits per heavy atom. The van der Waals surface area contributed by atoms with E-state index in [1.807, 2.05) is 12.1 Å². The Hall–Kier alpha value is -0.240. The highest BCUT2D eigenvalue weighted by Gasteiger charge is 2.20. The Balaban J connectivity index is 1.77. The molecular weight excluding hydrogens is 253 g/mol. The molecule has 0 bridgehead atoms. The lowest BCUT2D eigenvalue weighted by molar-refractivity contribution is 0.480. The molecule has 17 heavy (non-hydrogen) atoms. The highest BCUT2D eigenvalue weighted by atomic mass is 35.5. The van der Waals surface area contributed by atoms with Gasteiger partial charge in [0.05, 0.1) is 10.0 Å². The van der Waals surface area contributed by atoms with Crippen molar-refractivity contribution in [2.24, 2.45) is 5.92 Å². The van der Waals surface area contributed by atoms with Gasteiger partial charge in [-0.05, 0) is 49.8 Å². The number of hydrogen-bond acceptors (Lipinski definition) is 1. The molecular formula is C14H19Cl2N. The first-order chi connectivity index (χ1) is 8.16. The van der Waals surface area contributed by atoms with Gasteiger partial charge in [-0.25, -0.2) is 0 Å². The van der Waals surface area contributed by atoms with Crippen LogP contribution in [0.25, 0.3) is 0 Å². The van der Waals surface area contributed by atoms with Gasteiger partial charge in [-0.15, -0.1) is 0 Å². The van der Waals surface area contributed by atoms with Gasteiger partial charge in [-0.1, -0.05) is 42.3 Å². The average molecular weight is 272 g/mol. The van der Waals surface area contributed by atoms with Gasteiger partial charge in [0.1, 0.15) is 0 Å². The molecule has 1 saturated carbocycles. The molecule has 1 nitrogen and oxygen atoms in total. The van der Waals surface area contributed by atoms with Crippen LogP contribution in [0.15, 0.2) is 18.2 Å². The van der Waals surface area contributed by atoms with E-state index in [1.54, 1.807) is 0 Å². The van der Waals surface area contributed by atoms with E-state index < -0.39 is 0 Å². The van der Waals surface area contributed by atoms with Gasteiger partial charge >= 0.3 is 0 Å². The summed E-state index contributed by atoms with van der Waals surface area (Å²) in [4.78, 5) is 0. The van der Waals surface area contributed by atoms with E-state index in [9.17, 15) is 0 Å². The molecule has 0 heterocycles. The summed E-state index contributed by atoms with van der Waals surface area (Å²) in [5, 5.41) is 4.94. The Kier molecular flexibility index (Phi) is 4.72. The second-order valence-corrected chi connectivity index (χ2v) is 5.82. The maximum atomic E-state index is 6.17. The highest BCUT2D eigenvalue weighted by Crippen LogP contribution is 2.27. The van der Waals surface area contributed by atoms with E-state index in [1.165, 1.54) is 12.8 Å². The number of nitrogens with one attached hydrogen (secondary N) is 1. The van der Waals surface area contributed by atoms with Crippen LogP contribution in [0.1, 0.15) is 31.7 Å². The monoisotopic (exact) mass is 271 g/mol. The van der Waals surface area contributed by atoms with E-state index >= 15 is 0 Å². The lowest BCUT2D eigenvalue weighted by Gasteiger charge is -2.13. The molecule has 0 saturated heterocycles. The molecule has 1 N–H and O–H groups in total. The molecule has 0 aromatic heterocycles. The number of hydrogen-bond donors (Lipinski definition) is 1. The fourth-order valence-electron chi connectivity index (χ4n) is 1.90. The van der Waals surface area contributed by atoms with Crippen molar-refractivity contribution in [2.45, 2.75) is 38.6 Å². The third-order valence-electron chi connectivity index (χ3n) is 3.27. The molecule has 0 amide bonds. The van der Waals surface area contributed by atoms with Crippen LogP contribution in [0.3, 0.4) is 0 Å². The highest BCUT2D eigenvalue weighted by molar-refractivity contribution is 6.42. The van der Waals surface area contributed by atoms with Crippen LogP contribution < -0.4 is 5.32 Å². The second kappa shape index (κ2) is 6.08. The quantitative estimate of drug-likeness (QED) is 0.813. The lowest BCUT2D eigenvalue weighted by atomic mass is 10.0. The minimum atomic E-state index is 0.660. The van der Waals surface area contributed by atoms with E-state index in [4.69, 9.17) is 23.2 Å². The van der Waals surface area contributed by atoms with Crippen molar-refractivity contribution >= 4 is 23.2 Å². The molecule has 1 aliphatic rings. The first kappa shape index (κ1) is 13.2. The summed E-state index contributed by atoms with van der Waals surface area (Å²) >= 11 is 12.2. The molecule has 1 aromatic carbocycles. The normalized spacial score (nSPS) is 17.1.